The van der Waals surface area contributed by atoms with Crippen molar-refractivity contribution < 1.29 is 4.39 Å². The number of aromatic nitrogens is 2. The first-order chi connectivity index (χ1) is 9.65. The second kappa shape index (κ2) is 6.90. The van der Waals surface area contributed by atoms with Crippen molar-refractivity contribution in [2.24, 2.45) is 7.05 Å². The molecule has 0 saturated carbocycles. The van der Waals surface area contributed by atoms with E-state index in [4.69, 9.17) is 0 Å². The van der Waals surface area contributed by atoms with E-state index in [1.54, 1.807) is 10.7 Å². The molecule has 0 saturated heterocycles. The molecule has 20 heavy (non-hydrogen) atoms. The normalized spacial score (nSPS) is 11.0. The molecule has 0 amide bonds. The zero-order valence-electron chi connectivity index (χ0n) is 12.1. The highest BCUT2D eigenvalue weighted by Gasteiger charge is 2.12. The minimum atomic E-state index is -0.187. The van der Waals surface area contributed by atoms with Gasteiger partial charge in [0, 0.05) is 35.8 Å². The zero-order chi connectivity index (χ0) is 14.5. The summed E-state index contributed by atoms with van der Waals surface area (Å²) in [5.74, 6) is -0.187. The number of halogens is 1. The van der Waals surface area contributed by atoms with Crippen LogP contribution in [0, 0.1) is 5.82 Å². The molecule has 1 N–H and O–H groups in total. The van der Waals surface area contributed by atoms with Gasteiger partial charge in [-0.3, -0.25) is 4.68 Å². The Morgan fingerprint density at radius 3 is 2.85 bits per heavy atom. The molecule has 2 aromatic rings. The highest BCUT2D eigenvalue weighted by Crippen LogP contribution is 2.27. The van der Waals surface area contributed by atoms with Crippen molar-refractivity contribution in [1.82, 2.24) is 15.1 Å². The maximum atomic E-state index is 13.9. The molecular weight excluding hydrogens is 273 g/mol. The molecule has 0 aliphatic carbocycles. The van der Waals surface area contributed by atoms with Gasteiger partial charge < -0.3 is 5.32 Å². The lowest BCUT2D eigenvalue weighted by atomic mass is 10.1. The zero-order valence-corrected chi connectivity index (χ0v) is 12.9. The summed E-state index contributed by atoms with van der Waals surface area (Å²) >= 11 is 1.41. The van der Waals surface area contributed by atoms with Crippen LogP contribution in [-0.4, -0.2) is 22.6 Å². The Morgan fingerprint density at radius 2 is 2.20 bits per heavy atom. The summed E-state index contributed by atoms with van der Waals surface area (Å²) in [6.45, 7) is 3.85. The first kappa shape index (κ1) is 15.1. The number of nitrogens with one attached hydrogen (secondary N) is 1. The average Bonchev–Trinajstić information content (AvgIpc) is 2.80. The molecule has 0 atom stereocenters. The lowest BCUT2D eigenvalue weighted by Gasteiger charge is -2.06. The van der Waals surface area contributed by atoms with Crippen LogP contribution in [0.3, 0.4) is 0 Å². The summed E-state index contributed by atoms with van der Waals surface area (Å²) in [7, 11) is 1.89. The van der Waals surface area contributed by atoms with E-state index < -0.39 is 0 Å². The molecule has 0 fully saturated rings. The smallest absolute Gasteiger partial charge is 0.137 e. The van der Waals surface area contributed by atoms with Gasteiger partial charge in [-0.2, -0.15) is 5.10 Å². The van der Waals surface area contributed by atoms with Gasteiger partial charge in [-0.25, -0.2) is 4.39 Å². The standard InChI is InChI=1S/C15H20FN3S/c1-4-7-17-9-12-10-19(2)18-15(12)11-5-6-14(20-3)13(16)8-11/h5-6,8,10,17H,4,7,9H2,1-3H3. The van der Waals surface area contributed by atoms with Crippen molar-refractivity contribution in [3.8, 4) is 11.3 Å². The van der Waals surface area contributed by atoms with Crippen LogP contribution >= 0.6 is 11.8 Å². The van der Waals surface area contributed by atoms with E-state index in [0.717, 1.165) is 36.3 Å². The second-order valence-electron chi connectivity index (χ2n) is 4.70. The fraction of sp³-hybridized carbons (Fsp3) is 0.400. The van der Waals surface area contributed by atoms with Crippen LogP contribution in [0.4, 0.5) is 4.39 Å². The van der Waals surface area contributed by atoms with E-state index in [-0.39, 0.29) is 5.82 Å². The lowest BCUT2D eigenvalue weighted by molar-refractivity contribution is 0.602. The quantitative estimate of drug-likeness (QED) is 0.653. The first-order valence-corrected chi connectivity index (χ1v) is 7.95. The van der Waals surface area contributed by atoms with E-state index in [9.17, 15) is 4.39 Å². The predicted octanol–water partition coefficient (Wildman–Crippen LogP) is 3.45. The van der Waals surface area contributed by atoms with Gasteiger partial charge in [-0.15, -0.1) is 11.8 Å². The molecular formula is C15H20FN3S. The van der Waals surface area contributed by atoms with Gasteiger partial charge in [0.2, 0.25) is 0 Å². The number of rotatable bonds is 6. The van der Waals surface area contributed by atoms with Gasteiger partial charge in [0.05, 0.1) is 5.69 Å². The number of hydrogen-bond donors (Lipinski definition) is 1. The van der Waals surface area contributed by atoms with Crippen LogP contribution in [0.5, 0.6) is 0 Å². The number of nitrogens with zero attached hydrogens (tertiary/aromatic N) is 2. The van der Waals surface area contributed by atoms with Crippen molar-refractivity contribution in [3.05, 3.63) is 35.8 Å². The maximum Gasteiger partial charge on any atom is 0.137 e. The second-order valence-corrected chi connectivity index (χ2v) is 5.55. The molecule has 0 aliphatic rings. The Morgan fingerprint density at radius 1 is 1.40 bits per heavy atom. The lowest BCUT2D eigenvalue weighted by Crippen LogP contribution is -2.13. The summed E-state index contributed by atoms with van der Waals surface area (Å²) in [5.41, 5.74) is 2.77. The molecule has 0 spiro atoms. The highest BCUT2D eigenvalue weighted by molar-refractivity contribution is 7.98. The minimum absolute atomic E-state index is 0.187. The van der Waals surface area contributed by atoms with E-state index >= 15 is 0 Å². The topological polar surface area (TPSA) is 29.9 Å². The minimum Gasteiger partial charge on any atom is -0.313 e. The van der Waals surface area contributed by atoms with Crippen LogP contribution in [0.1, 0.15) is 18.9 Å². The summed E-state index contributed by atoms with van der Waals surface area (Å²) in [6, 6.07) is 5.31. The maximum absolute atomic E-state index is 13.9. The third-order valence-corrected chi connectivity index (χ3v) is 3.84. The van der Waals surface area contributed by atoms with Gasteiger partial charge in [0.15, 0.2) is 0 Å². The van der Waals surface area contributed by atoms with Gasteiger partial charge >= 0.3 is 0 Å². The molecule has 1 aromatic carbocycles. The Bertz CT molecular complexity index is 580. The van der Waals surface area contributed by atoms with Gasteiger partial charge in [-0.1, -0.05) is 13.0 Å². The molecule has 0 radical (unpaired) electrons. The molecule has 1 aromatic heterocycles. The third kappa shape index (κ3) is 3.41. The molecule has 0 bridgehead atoms. The van der Waals surface area contributed by atoms with Crippen LogP contribution in [0.25, 0.3) is 11.3 Å². The summed E-state index contributed by atoms with van der Waals surface area (Å²) < 4.78 is 15.7. The average molecular weight is 293 g/mol. The molecule has 3 nitrogen and oxygen atoms in total. The van der Waals surface area contributed by atoms with Crippen molar-refractivity contribution in [3.63, 3.8) is 0 Å². The van der Waals surface area contributed by atoms with Crippen LogP contribution in [0.15, 0.2) is 29.3 Å². The molecule has 5 heteroatoms. The van der Waals surface area contributed by atoms with E-state index in [2.05, 4.69) is 17.3 Å². The summed E-state index contributed by atoms with van der Waals surface area (Å²) in [5, 5.41) is 7.82. The van der Waals surface area contributed by atoms with Crippen molar-refractivity contribution in [1.29, 1.82) is 0 Å². The van der Waals surface area contributed by atoms with Gasteiger partial charge in [0.1, 0.15) is 5.82 Å². The number of thioether (sulfide) groups is 1. The van der Waals surface area contributed by atoms with E-state index in [1.165, 1.54) is 11.8 Å². The van der Waals surface area contributed by atoms with Crippen molar-refractivity contribution in [2.45, 2.75) is 24.8 Å². The molecule has 0 unspecified atom stereocenters. The van der Waals surface area contributed by atoms with Crippen molar-refractivity contribution in [2.75, 3.05) is 12.8 Å². The molecule has 0 aliphatic heterocycles. The fourth-order valence-electron chi connectivity index (χ4n) is 2.12. The SMILES string of the molecule is CCCNCc1cn(C)nc1-c1ccc(SC)c(F)c1. The Kier molecular flexibility index (Phi) is 5.20. The number of benzene rings is 1. The van der Waals surface area contributed by atoms with E-state index in [1.807, 2.05) is 31.6 Å². The monoisotopic (exact) mass is 293 g/mol. The molecule has 1 heterocycles. The first-order valence-electron chi connectivity index (χ1n) is 6.72. The fourth-order valence-corrected chi connectivity index (χ4v) is 2.58. The van der Waals surface area contributed by atoms with Gasteiger partial charge in [-0.05, 0) is 31.4 Å². The largest absolute Gasteiger partial charge is 0.313 e. The number of aryl methyl sites for hydroxylation is 1. The summed E-state index contributed by atoms with van der Waals surface area (Å²) in [6.07, 6.45) is 4.95. The van der Waals surface area contributed by atoms with Crippen molar-refractivity contribution >= 4 is 11.8 Å². The number of hydrogen-bond acceptors (Lipinski definition) is 3. The van der Waals surface area contributed by atoms with Gasteiger partial charge in [0.25, 0.3) is 0 Å². The predicted molar refractivity (Wildman–Crippen MR) is 82.4 cm³/mol. The van der Waals surface area contributed by atoms with E-state index in [0.29, 0.717) is 4.90 Å². The van der Waals surface area contributed by atoms with Crippen LogP contribution in [-0.2, 0) is 13.6 Å². The third-order valence-electron chi connectivity index (χ3n) is 3.07. The Balaban J connectivity index is 2.29. The Hall–Kier alpha value is -1.33. The highest BCUT2D eigenvalue weighted by atomic mass is 32.2. The molecule has 108 valence electrons. The van der Waals surface area contributed by atoms with Crippen LogP contribution in [0.2, 0.25) is 0 Å². The molecule has 2 rings (SSSR count). The summed E-state index contributed by atoms with van der Waals surface area (Å²) in [4.78, 5) is 0.662. The van der Waals surface area contributed by atoms with Crippen LogP contribution < -0.4 is 5.32 Å². The Labute approximate surface area is 123 Å².